The highest BCUT2D eigenvalue weighted by Gasteiger charge is 2.25. The number of thioether (sulfide) groups is 1. The van der Waals surface area contributed by atoms with Crippen LogP contribution in [0.1, 0.15) is 36.0 Å². The predicted octanol–water partition coefficient (Wildman–Crippen LogP) is 1.15. The van der Waals surface area contributed by atoms with E-state index >= 15 is 0 Å². The van der Waals surface area contributed by atoms with Gasteiger partial charge in [0.25, 0.3) is 0 Å². The van der Waals surface area contributed by atoms with Gasteiger partial charge in [-0.2, -0.15) is 4.98 Å². The number of hydrogen-bond acceptors (Lipinski definition) is 9. The highest BCUT2D eigenvalue weighted by atomic mass is 32.2. The first kappa shape index (κ1) is 21.3. The summed E-state index contributed by atoms with van der Waals surface area (Å²) in [5.74, 6) is 0.0340. The van der Waals surface area contributed by atoms with E-state index in [1.165, 1.54) is 23.1 Å². The van der Waals surface area contributed by atoms with Gasteiger partial charge in [-0.3, -0.25) is 10.1 Å². The third-order valence-corrected chi connectivity index (χ3v) is 7.45. The van der Waals surface area contributed by atoms with Gasteiger partial charge in [-0.15, -0.1) is 10.2 Å². The van der Waals surface area contributed by atoms with Gasteiger partial charge in [0.05, 0.1) is 11.4 Å². The van der Waals surface area contributed by atoms with Crippen LogP contribution in [0.15, 0.2) is 9.82 Å². The van der Waals surface area contributed by atoms with Crippen LogP contribution in [0.3, 0.4) is 0 Å². The van der Waals surface area contributed by atoms with Crippen molar-refractivity contribution in [1.29, 1.82) is 0 Å². The first-order valence-corrected chi connectivity index (χ1v) is 12.2. The number of anilines is 1. The summed E-state index contributed by atoms with van der Waals surface area (Å²) < 4.78 is 1.80. The van der Waals surface area contributed by atoms with Gasteiger partial charge in [-0.25, -0.2) is 9.47 Å². The standard InChI is InChI=1S/C19H27N7O2S2/c1-3-16-22-23-18(30-16)20-15(27)12-29-17-13-6-4-5-7-14(13)26(19(28)21-17)25-10-8-24(2)9-11-25/h3-12H2,1-2H3,(H,20,23,27). The minimum atomic E-state index is -0.236. The molecule has 3 heterocycles. The molecule has 162 valence electrons. The molecule has 1 aliphatic carbocycles. The summed E-state index contributed by atoms with van der Waals surface area (Å²) in [5, 5.41) is 15.0. The summed E-state index contributed by atoms with van der Waals surface area (Å²) in [6.45, 7) is 5.51. The zero-order chi connectivity index (χ0) is 21.1. The maximum Gasteiger partial charge on any atom is 0.367 e. The minimum Gasteiger partial charge on any atom is -0.306 e. The normalized spacial score (nSPS) is 17.1. The topological polar surface area (TPSA) is 96.2 Å². The van der Waals surface area contributed by atoms with E-state index in [9.17, 15) is 9.59 Å². The zero-order valence-electron chi connectivity index (χ0n) is 17.4. The minimum absolute atomic E-state index is 0.159. The molecule has 1 saturated heterocycles. The van der Waals surface area contributed by atoms with Gasteiger partial charge in [0.1, 0.15) is 10.0 Å². The van der Waals surface area contributed by atoms with E-state index in [-0.39, 0.29) is 17.3 Å². The lowest BCUT2D eigenvalue weighted by molar-refractivity contribution is -0.113. The largest absolute Gasteiger partial charge is 0.367 e. The number of amides is 1. The molecule has 0 saturated carbocycles. The van der Waals surface area contributed by atoms with E-state index in [1.807, 2.05) is 6.92 Å². The summed E-state index contributed by atoms with van der Waals surface area (Å²) in [6, 6.07) is 0. The van der Waals surface area contributed by atoms with Gasteiger partial charge in [0, 0.05) is 31.7 Å². The predicted molar refractivity (Wildman–Crippen MR) is 119 cm³/mol. The number of likely N-dealkylation sites (N-methyl/N-ethyl adjacent to an activating group) is 1. The average Bonchev–Trinajstić information content (AvgIpc) is 3.20. The van der Waals surface area contributed by atoms with Crippen LogP contribution in [0.2, 0.25) is 0 Å². The van der Waals surface area contributed by atoms with Gasteiger partial charge >= 0.3 is 5.69 Å². The molecular formula is C19H27N7O2S2. The molecule has 30 heavy (non-hydrogen) atoms. The molecular weight excluding hydrogens is 422 g/mol. The van der Waals surface area contributed by atoms with Crippen LogP contribution in [0.5, 0.6) is 0 Å². The highest BCUT2D eigenvalue weighted by Crippen LogP contribution is 2.29. The van der Waals surface area contributed by atoms with Crippen molar-refractivity contribution in [3.8, 4) is 0 Å². The maximum atomic E-state index is 12.9. The molecule has 0 radical (unpaired) electrons. The number of carbonyl (C=O) groups excluding carboxylic acids is 1. The van der Waals surface area contributed by atoms with Crippen molar-refractivity contribution >= 4 is 34.1 Å². The fourth-order valence-corrected chi connectivity index (χ4v) is 5.39. The quantitative estimate of drug-likeness (QED) is 0.518. The molecule has 0 aromatic carbocycles. The summed E-state index contributed by atoms with van der Waals surface area (Å²) in [6.07, 6.45) is 4.73. The van der Waals surface area contributed by atoms with Gasteiger partial charge in [0.15, 0.2) is 0 Å². The van der Waals surface area contributed by atoms with Crippen molar-refractivity contribution in [3.63, 3.8) is 0 Å². The number of fused-ring (bicyclic) bond motifs is 1. The Bertz CT molecular complexity index is 966. The summed E-state index contributed by atoms with van der Waals surface area (Å²) in [7, 11) is 2.10. The molecule has 11 heteroatoms. The highest BCUT2D eigenvalue weighted by molar-refractivity contribution is 8.00. The molecule has 1 fully saturated rings. The first-order valence-electron chi connectivity index (χ1n) is 10.4. The van der Waals surface area contributed by atoms with Crippen LogP contribution in [-0.2, 0) is 24.1 Å². The van der Waals surface area contributed by atoms with Gasteiger partial charge in [-0.05, 0) is 39.2 Å². The van der Waals surface area contributed by atoms with Gasteiger partial charge in [-0.1, -0.05) is 30.0 Å². The Morgan fingerprint density at radius 2 is 1.93 bits per heavy atom. The maximum absolute atomic E-state index is 12.9. The molecule has 0 atom stereocenters. The zero-order valence-corrected chi connectivity index (χ0v) is 19.0. The molecule has 4 rings (SSSR count). The van der Waals surface area contributed by atoms with Crippen molar-refractivity contribution in [2.45, 2.75) is 44.1 Å². The average molecular weight is 450 g/mol. The lowest BCUT2D eigenvalue weighted by Crippen LogP contribution is -2.54. The number of rotatable bonds is 6. The van der Waals surface area contributed by atoms with Crippen LogP contribution in [-0.4, -0.2) is 69.6 Å². The molecule has 0 bridgehead atoms. The molecule has 0 spiro atoms. The van der Waals surface area contributed by atoms with Crippen molar-refractivity contribution in [1.82, 2.24) is 24.8 Å². The van der Waals surface area contributed by atoms with Crippen LogP contribution >= 0.6 is 23.1 Å². The molecule has 2 aromatic rings. The van der Waals surface area contributed by atoms with Crippen molar-refractivity contribution in [2.75, 3.05) is 49.3 Å². The second-order valence-corrected chi connectivity index (χ2v) is 9.62. The molecule has 0 unspecified atom stereocenters. The summed E-state index contributed by atoms with van der Waals surface area (Å²) in [5.41, 5.74) is 1.96. The lowest BCUT2D eigenvalue weighted by atomic mass is 9.97. The molecule has 2 aliphatic rings. The number of hydrogen-bond donors (Lipinski definition) is 1. The van der Waals surface area contributed by atoms with Crippen LogP contribution in [0.4, 0.5) is 5.13 Å². The Morgan fingerprint density at radius 3 is 2.67 bits per heavy atom. The number of carbonyl (C=O) groups is 1. The summed E-state index contributed by atoms with van der Waals surface area (Å²) >= 11 is 2.72. The van der Waals surface area contributed by atoms with E-state index in [2.05, 4.69) is 37.5 Å². The fraction of sp³-hybridized carbons (Fsp3) is 0.632. The third-order valence-electron chi connectivity index (χ3n) is 5.45. The Hall–Kier alpha value is -1.98. The Morgan fingerprint density at radius 1 is 1.17 bits per heavy atom. The van der Waals surface area contributed by atoms with E-state index in [1.54, 1.807) is 4.68 Å². The first-order chi connectivity index (χ1) is 14.5. The number of aryl methyl sites for hydroxylation is 1. The molecule has 1 amide bonds. The number of nitrogens with one attached hydrogen (secondary N) is 1. The van der Waals surface area contributed by atoms with E-state index in [4.69, 9.17) is 0 Å². The number of piperazine rings is 1. The van der Waals surface area contributed by atoms with E-state index < -0.39 is 0 Å². The second-order valence-electron chi connectivity index (χ2n) is 7.59. The second kappa shape index (κ2) is 9.44. The number of nitrogens with zero attached hydrogens (tertiary/aromatic N) is 6. The van der Waals surface area contributed by atoms with Gasteiger partial charge in [0.2, 0.25) is 11.0 Å². The third kappa shape index (κ3) is 4.68. The molecule has 2 aromatic heterocycles. The smallest absolute Gasteiger partial charge is 0.306 e. The van der Waals surface area contributed by atoms with E-state index in [0.29, 0.717) is 10.2 Å². The van der Waals surface area contributed by atoms with Crippen molar-refractivity contribution < 1.29 is 4.79 Å². The molecule has 1 aliphatic heterocycles. The SMILES string of the molecule is CCc1nnc(NC(=O)CSc2nc(=O)n(N3CCN(C)CC3)c3c2CCCC3)s1. The van der Waals surface area contributed by atoms with E-state index in [0.717, 1.165) is 74.5 Å². The molecule has 1 N–H and O–H groups in total. The van der Waals surface area contributed by atoms with Gasteiger partial charge < -0.3 is 9.91 Å². The Balaban J connectivity index is 1.50. The van der Waals surface area contributed by atoms with Crippen molar-refractivity contribution in [3.05, 3.63) is 26.7 Å². The lowest BCUT2D eigenvalue weighted by Gasteiger charge is -2.37. The van der Waals surface area contributed by atoms with Crippen molar-refractivity contribution in [2.24, 2.45) is 0 Å². The Kier molecular flexibility index (Phi) is 6.69. The van der Waals surface area contributed by atoms with Crippen LogP contribution in [0.25, 0.3) is 0 Å². The summed E-state index contributed by atoms with van der Waals surface area (Å²) in [4.78, 5) is 32.0. The van der Waals surface area contributed by atoms with Crippen LogP contribution in [0, 0.1) is 0 Å². The van der Waals surface area contributed by atoms with Crippen LogP contribution < -0.4 is 16.0 Å². The Labute approximate surface area is 183 Å². The monoisotopic (exact) mass is 449 g/mol. The fourth-order valence-electron chi connectivity index (χ4n) is 3.81. The number of aromatic nitrogens is 4. The molecule has 9 nitrogen and oxygen atoms in total.